The molecule has 1 aromatic rings. The summed E-state index contributed by atoms with van der Waals surface area (Å²) in [5, 5.41) is 3.46. The molecule has 0 saturated heterocycles. The van der Waals surface area contributed by atoms with Crippen molar-refractivity contribution in [3.05, 3.63) is 16.1 Å². The number of halogens is 2. The normalized spacial score (nSPS) is 15.4. The van der Waals surface area contributed by atoms with Crippen molar-refractivity contribution in [3.8, 4) is 0 Å². The Balaban J connectivity index is 2.30. The van der Waals surface area contributed by atoms with Gasteiger partial charge in [-0.2, -0.15) is 8.73 Å². The van der Waals surface area contributed by atoms with E-state index in [1.165, 1.54) is 6.07 Å². The highest BCUT2D eigenvalue weighted by Gasteiger charge is 2.24. The lowest BCUT2D eigenvalue weighted by Gasteiger charge is -2.19. The van der Waals surface area contributed by atoms with Crippen molar-refractivity contribution in [3.63, 3.8) is 0 Å². The summed E-state index contributed by atoms with van der Waals surface area (Å²) in [6.07, 6.45) is 0.816. The number of anilines is 1. The molecule has 8 heteroatoms. The molecule has 0 aromatic heterocycles. The van der Waals surface area contributed by atoms with Gasteiger partial charge in [0.25, 0.3) is 0 Å². The van der Waals surface area contributed by atoms with Gasteiger partial charge in [-0.05, 0) is 12.0 Å². The molecule has 1 amide bonds. The number of rotatable bonds is 4. The van der Waals surface area contributed by atoms with Crippen molar-refractivity contribution >= 4 is 57.5 Å². The standard InChI is InChI=1S/C12H14Cl2N4OS/c1-3-5(2)8(15)12(19)16-9-6(13)4-7(14)10-11(9)18-20-17-10/h4-5,8H,3,15H2,1-2H3,(H,16,19)/t5?,8-/m0/s1. The van der Waals surface area contributed by atoms with Gasteiger partial charge in [-0.3, -0.25) is 4.79 Å². The molecule has 20 heavy (non-hydrogen) atoms. The smallest absolute Gasteiger partial charge is 0.241 e. The fourth-order valence-electron chi connectivity index (χ4n) is 1.71. The van der Waals surface area contributed by atoms with Gasteiger partial charge in [0.1, 0.15) is 11.4 Å². The monoisotopic (exact) mass is 332 g/mol. The van der Waals surface area contributed by atoms with Crippen LogP contribution < -0.4 is 11.1 Å². The van der Waals surface area contributed by atoms with E-state index in [9.17, 15) is 4.79 Å². The summed E-state index contributed by atoms with van der Waals surface area (Å²) < 4.78 is 8.20. The molecule has 2 atom stereocenters. The molecule has 2 rings (SSSR count). The molecule has 0 spiro atoms. The lowest BCUT2D eigenvalue weighted by atomic mass is 9.99. The second-order valence-corrected chi connectivity index (χ2v) is 5.92. The van der Waals surface area contributed by atoms with E-state index in [0.717, 1.165) is 17.8 Å². The van der Waals surface area contributed by atoms with E-state index in [2.05, 4.69) is 14.0 Å². The van der Waals surface area contributed by atoms with Gasteiger partial charge in [-0.1, -0.05) is 43.5 Å². The highest BCUT2D eigenvalue weighted by molar-refractivity contribution is 7.58. The zero-order valence-electron chi connectivity index (χ0n) is 11.0. The van der Waals surface area contributed by atoms with Gasteiger partial charge in [0.2, 0.25) is 5.91 Å². The Bertz CT molecular complexity index is 628. The SMILES string of the molecule is CCC(C)[C@H](N)C(=O)Nc1c(Cl)cc(Cl)c2c1N=S=N2. The number of hydrogen-bond acceptors (Lipinski definition) is 4. The van der Waals surface area contributed by atoms with Crippen LogP contribution in [0.3, 0.4) is 0 Å². The summed E-state index contributed by atoms with van der Waals surface area (Å²) >= 11 is 13.2. The molecule has 0 radical (unpaired) electrons. The highest BCUT2D eigenvalue weighted by Crippen LogP contribution is 2.47. The van der Waals surface area contributed by atoms with Crippen LogP contribution in [-0.4, -0.2) is 11.9 Å². The predicted molar refractivity (Wildman–Crippen MR) is 84.1 cm³/mol. The van der Waals surface area contributed by atoms with Crippen molar-refractivity contribution in [2.45, 2.75) is 26.3 Å². The van der Waals surface area contributed by atoms with Gasteiger partial charge in [-0.25, -0.2) is 0 Å². The van der Waals surface area contributed by atoms with Crippen molar-refractivity contribution < 1.29 is 4.79 Å². The number of amides is 1. The second-order valence-electron chi connectivity index (χ2n) is 4.58. The quantitative estimate of drug-likeness (QED) is 0.886. The first-order valence-electron chi connectivity index (χ1n) is 6.12. The number of benzene rings is 1. The lowest BCUT2D eigenvalue weighted by Crippen LogP contribution is -2.40. The first kappa shape index (κ1) is 15.4. The van der Waals surface area contributed by atoms with E-state index in [1.54, 1.807) is 0 Å². The van der Waals surface area contributed by atoms with Gasteiger partial charge in [-0.15, -0.1) is 0 Å². The molecule has 1 aliphatic heterocycles. The molecule has 0 bridgehead atoms. The molecule has 0 fully saturated rings. The van der Waals surface area contributed by atoms with E-state index in [1.807, 2.05) is 13.8 Å². The topological polar surface area (TPSA) is 79.8 Å². The van der Waals surface area contributed by atoms with Gasteiger partial charge >= 0.3 is 0 Å². The van der Waals surface area contributed by atoms with Crippen LogP contribution in [0.5, 0.6) is 0 Å². The molecular formula is C12H14Cl2N4OS. The summed E-state index contributed by atoms with van der Waals surface area (Å²) in [6, 6.07) is 0.936. The average molecular weight is 333 g/mol. The molecular weight excluding hydrogens is 319 g/mol. The third kappa shape index (κ3) is 2.88. The van der Waals surface area contributed by atoms with Crippen LogP contribution in [-0.2, 0) is 16.1 Å². The van der Waals surface area contributed by atoms with Crippen molar-refractivity contribution in [2.75, 3.05) is 5.32 Å². The van der Waals surface area contributed by atoms with E-state index >= 15 is 0 Å². The summed E-state index contributed by atoms with van der Waals surface area (Å²) in [5.41, 5.74) is 7.32. The summed E-state index contributed by atoms with van der Waals surface area (Å²) in [4.78, 5) is 12.1. The maximum atomic E-state index is 12.1. The van der Waals surface area contributed by atoms with Gasteiger partial charge < -0.3 is 11.1 Å². The van der Waals surface area contributed by atoms with Crippen LogP contribution in [0, 0.1) is 5.92 Å². The minimum Gasteiger partial charge on any atom is -0.322 e. The Hall–Kier alpha value is -0.950. The van der Waals surface area contributed by atoms with Crippen LogP contribution in [0.25, 0.3) is 0 Å². The number of nitrogens with two attached hydrogens (primary N) is 1. The summed E-state index contributed by atoms with van der Waals surface area (Å²) in [7, 11) is 0. The van der Waals surface area contributed by atoms with Crippen LogP contribution in [0.1, 0.15) is 20.3 Å². The molecule has 0 saturated carbocycles. The summed E-state index contributed by atoms with van der Waals surface area (Å²) in [5.74, 6) is -0.219. The Kier molecular flexibility index (Phi) is 4.80. The van der Waals surface area contributed by atoms with Crippen LogP contribution >= 0.6 is 23.2 Å². The maximum absolute atomic E-state index is 12.1. The largest absolute Gasteiger partial charge is 0.322 e. The van der Waals surface area contributed by atoms with Crippen LogP contribution in [0.2, 0.25) is 10.0 Å². The zero-order valence-corrected chi connectivity index (χ0v) is 13.3. The highest BCUT2D eigenvalue weighted by atomic mass is 35.5. The Morgan fingerprint density at radius 2 is 2.05 bits per heavy atom. The molecule has 0 aliphatic carbocycles. The third-order valence-corrected chi connectivity index (χ3v) is 4.37. The minimum atomic E-state index is -0.603. The van der Waals surface area contributed by atoms with E-state index in [-0.39, 0.29) is 11.8 Å². The molecule has 1 heterocycles. The first-order chi connectivity index (χ1) is 9.45. The number of carbonyl (C=O) groups is 1. The zero-order chi connectivity index (χ0) is 14.9. The number of hydrogen-bond donors (Lipinski definition) is 2. The third-order valence-electron chi connectivity index (χ3n) is 3.25. The number of nitrogens with one attached hydrogen (secondary N) is 1. The minimum absolute atomic E-state index is 0.0742. The predicted octanol–water partition coefficient (Wildman–Crippen LogP) is 4.03. The Labute approximate surface area is 130 Å². The Morgan fingerprint density at radius 3 is 2.70 bits per heavy atom. The van der Waals surface area contributed by atoms with Crippen molar-refractivity contribution in [1.29, 1.82) is 0 Å². The molecule has 5 nitrogen and oxygen atoms in total. The van der Waals surface area contributed by atoms with Crippen molar-refractivity contribution in [2.24, 2.45) is 20.4 Å². The van der Waals surface area contributed by atoms with Gasteiger partial charge in [0.05, 0.1) is 33.1 Å². The second kappa shape index (κ2) is 6.22. The molecule has 108 valence electrons. The number of fused-ring (bicyclic) bond motifs is 1. The lowest BCUT2D eigenvalue weighted by molar-refractivity contribution is -0.118. The number of carbonyl (C=O) groups excluding carboxylic acids is 1. The molecule has 1 unspecified atom stereocenters. The Morgan fingerprint density at radius 1 is 1.40 bits per heavy atom. The maximum Gasteiger partial charge on any atom is 0.241 e. The van der Waals surface area contributed by atoms with E-state index in [0.29, 0.717) is 27.1 Å². The van der Waals surface area contributed by atoms with E-state index < -0.39 is 6.04 Å². The van der Waals surface area contributed by atoms with Gasteiger partial charge in [0, 0.05) is 0 Å². The van der Waals surface area contributed by atoms with Crippen LogP contribution in [0.15, 0.2) is 14.8 Å². The average Bonchev–Trinajstić information content (AvgIpc) is 2.91. The first-order valence-corrected chi connectivity index (χ1v) is 7.61. The molecule has 1 aromatic carbocycles. The van der Waals surface area contributed by atoms with E-state index in [4.69, 9.17) is 28.9 Å². The fraction of sp³-hybridized carbons (Fsp3) is 0.417. The molecule has 1 aliphatic rings. The van der Waals surface area contributed by atoms with Gasteiger partial charge in [0.15, 0.2) is 0 Å². The number of nitrogens with zero attached hydrogens (tertiary/aromatic N) is 2. The van der Waals surface area contributed by atoms with Crippen LogP contribution in [0.4, 0.5) is 17.1 Å². The fourth-order valence-corrected chi connectivity index (χ4v) is 2.87. The van der Waals surface area contributed by atoms with Crippen molar-refractivity contribution in [1.82, 2.24) is 0 Å². The summed E-state index contributed by atoms with van der Waals surface area (Å²) in [6.45, 7) is 3.91. The molecule has 3 N–H and O–H groups in total.